The van der Waals surface area contributed by atoms with Crippen molar-refractivity contribution >= 4 is 0 Å². The Balaban J connectivity index is 2.07. The van der Waals surface area contributed by atoms with E-state index < -0.39 is 5.60 Å². The molecule has 26 heavy (non-hydrogen) atoms. The Labute approximate surface area is 158 Å². The van der Waals surface area contributed by atoms with Crippen LogP contribution in [0.2, 0.25) is 0 Å². The van der Waals surface area contributed by atoms with Crippen molar-refractivity contribution in [2.45, 2.75) is 50.8 Å². The van der Waals surface area contributed by atoms with Crippen LogP contribution in [-0.2, 0) is 0 Å². The maximum absolute atomic E-state index is 11.9. The summed E-state index contributed by atoms with van der Waals surface area (Å²) in [5.41, 5.74) is 1.71. The van der Waals surface area contributed by atoms with E-state index in [0.29, 0.717) is 6.42 Å². The van der Waals surface area contributed by atoms with Crippen LogP contribution in [0.3, 0.4) is 0 Å². The molecule has 2 aromatic carbocycles. The molecule has 5 atom stereocenters. The molecule has 1 fully saturated rings. The van der Waals surface area contributed by atoms with Crippen LogP contribution in [0.15, 0.2) is 73.3 Å². The van der Waals surface area contributed by atoms with Gasteiger partial charge >= 0.3 is 0 Å². The predicted molar refractivity (Wildman–Crippen MR) is 109 cm³/mol. The van der Waals surface area contributed by atoms with Crippen LogP contribution in [0.4, 0.5) is 0 Å². The molecule has 2 N–H and O–H groups in total. The lowest BCUT2D eigenvalue weighted by molar-refractivity contribution is -0.117. The summed E-state index contributed by atoms with van der Waals surface area (Å²) in [6.07, 6.45) is 4.54. The molecule has 1 aliphatic rings. The molecule has 1 heterocycles. The minimum atomic E-state index is -0.774. The van der Waals surface area contributed by atoms with E-state index in [4.69, 9.17) is 0 Å². The zero-order valence-electron chi connectivity index (χ0n) is 15.9. The van der Waals surface area contributed by atoms with Crippen molar-refractivity contribution < 1.29 is 5.11 Å². The van der Waals surface area contributed by atoms with Gasteiger partial charge in [0.05, 0.1) is 5.60 Å². The fraction of sp³-hybridized carbons (Fsp3) is 0.417. The number of aliphatic hydroxyl groups is 1. The van der Waals surface area contributed by atoms with Crippen LogP contribution in [0.25, 0.3) is 0 Å². The molecule has 3 rings (SSSR count). The summed E-state index contributed by atoms with van der Waals surface area (Å²) in [5, 5.41) is 15.8. The molecule has 2 heteroatoms. The molecule has 0 radical (unpaired) electrons. The lowest BCUT2D eigenvalue weighted by Gasteiger charge is -2.53. The van der Waals surface area contributed by atoms with Gasteiger partial charge in [0.15, 0.2) is 0 Å². The highest BCUT2D eigenvalue weighted by atomic mass is 16.3. The molecule has 0 amide bonds. The average molecular weight is 350 g/mol. The molecule has 0 unspecified atom stereocenters. The Kier molecular flexibility index (Phi) is 5.95. The molecule has 2 nitrogen and oxygen atoms in total. The lowest BCUT2D eigenvalue weighted by Crippen LogP contribution is -2.58. The molecule has 0 saturated carbocycles. The van der Waals surface area contributed by atoms with Gasteiger partial charge in [0, 0.05) is 23.9 Å². The van der Waals surface area contributed by atoms with Gasteiger partial charge in [-0.15, -0.1) is 6.58 Å². The first-order chi connectivity index (χ1) is 12.6. The molecule has 0 aromatic heterocycles. The van der Waals surface area contributed by atoms with Crippen LogP contribution in [0.5, 0.6) is 0 Å². The minimum Gasteiger partial charge on any atom is -0.389 e. The molecule has 1 aliphatic heterocycles. The van der Waals surface area contributed by atoms with Gasteiger partial charge in [0.2, 0.25) is 0 Å². The molecule has 1 saturated heterocycles. The Hall–Kier alpha value is -1.90. The predicted octanol–water partition coefficient (Wildman–Crippen LogP) is 5.43. The molecular formula is C24H31NO. The second-order valence-electron chi connectivity index (χ2n) is 7.61. The number of hydrogen-bond donors (Lipinski definition) is 2. The van der Waals surface area contributed by atoms with E-state index in [0.717, 1.165) is 12.8 Å². The summed E-state index contributed by atoms with van der Waals surface area (Å²) in [4.78, 5) is 0. The molecule has 2 aromatic rings. The van der Waals surface area contributed by atoms with Crippen molar-refractivity contribution in [3.05, 3.63) is 84.4 Å². The van der Waals surface area contributed by atoms with Crippen molar-refractivity contribution in [2.75, 3.05) is 0 Å². The van der Waals surface area contributed by atoms with Gasteiger partial charge in [0.25, 0.3) is 0 Å². The molecule has 0 aliphatic carbocycles. The Morgan fingerprint density at radius 1 is 1.00 bits per heavy atom. The minimum absolute atomic E-state index is 0.0967. The summed E-state index contributed by atoms with van der Waals surface area (Å²) >= 11 is 0. The summed E-state index contributed by atoms with van der Waals surface area (Å²) < 4.78 is 0. The second-order valence-corrected chi connectivity index (χ2v) is 7.61. The first kappa shape index (κ1) is 18.9. The van der Waals surface area contributed by atoms with Gasteiger partial charge in [0.1, 0.15) is 0 Å². The van der Waals surface area contributed by atoms with E-state index >= 15 is 0 Å². The Morgan fingerprint density at radius 2 is 1.54 bits per heavy atom. The van der Waals surface area contributed by atoms with E-state index in [-0.39, 0.29) is 23.9 Å². The highest BCUT2D eigenvalue weighted by Crippen LogP contribution is 2.50. The SMILES string of the molecule is C=CC[C@@]1(O)[C@@H](C)[C@@H](c2ccccc2)N[C@@H](c2ccccc2)[C@@H]1CCC. The maximum Gasteiger partial charge on any atom is 0.0771 e. The first-order valence-electron chi connectivity index (χ1n) is 9.81. The van der Waals surface area contributed by atoms with Crippen LogP contribution in [-0.4, -0.2) is 10.7 Å². The van der Waals surface area contributed by atoms with Crippen molar-refractivity contribution in [2.24, 2.45) is 11.8 Å². The Bertz CT molecular complexity index is 699. The zero-order chi connectivity index (χ0) is 18.6. The average Bonchev–Trinajstić information content (AvgIpc) is 2.68. The molecular weight excluding hydrogens is 318 g/mol. The topological polar surface area (TPSA) is 32.3 Å². The molecule has 0 bridgehead atoms. The lowest BCUT2D eigenvalue weighted by atomic mass is 9.63. The number of rotatable bonds is 6. The van der Waals surface area contributed by atoms with Gasteiger partial charge < -0.3 is 10.4 Å². The number of piperidine rings is 1. The van der Waals surface area contributed by atoms with Crippen LogP contribution >= 0.6 is 0 Å². The number of nitrogens with one attached hydrogen (secondary N) is 1. The van der Waals surface area contributed by atoms with Gasteiger partial charge in [-0.1, -0.05) is 87.0 Å². The van der Waals surface area contributed by atoms with Gasteiger partial charge in [-0.2, -0.15) is 0 Å². The third-order valence-electron chi connectivity index (χ3n) is 6.08. The second kappa shape index (κ2) is 8.20. The molecule has 138 valence electrons. The third-order valence-corrected chi connectivity index (χ3v) is 6.08. The summed E-state index contributed by atoms with van der Waals surface area (Å²) in [6, 6.07) is 21.3. The van der Waals surface area contributed by atoms with Crippen LogP contribution in [0.1, 0.15) is 56.3 Å². The van der Waals surface area contributed by atoms with E-state index in [2.05, 4.69) is 74.3 Å². The van der Waals surface area contributed by atoms with Crippen LogP contribution < -0.4 is 5.32 Å². The third kappa shape index (κ3) is 3.49. The summed E-state index contributed by atoms with van der Waals surface area (Å²) in [6.45, 7) is 8.32. The fourth-order valence-corrected chi connectivity index (χ4v) is 4.70. The van der Waals surface area contributed by atoms with Crippen molar-refractivity contribution in [1.82, 2.24) is 5.32 Å². The fourth-order valence-electron chi connectivity index (χ4n) is 4.70. The maximum atomic E-state index is 11.9. The van der Waals surface area contributed by atoms with Crippen LogP contribution in [0, 0.1) is 11.8 Å². The first-order valence-corrected chi connectivity index (χ1v) is 9.81. The summed E-state index contributed by atoms with van der Waals surface area (Å²) in [5.74, 6) is 0.252. The highest BCUT2D eigenvalue weighted by Gasteiger charge is 2.51. The largest absolute Gasteiger partial charge is 0.389 e. The van der Waals surface area contributed by atoms with Crippen molar-refractivity contribution in [1.29, 1.82) is 0 Å². The van der Waals surface area contributed by atoms with Gasteiger partial charge in [-0.3, -0.25) is 0 Å². The highest BCUT2D eigenvalue weighted by molar-refractivity contribution is 5.28. The van der Waals surface area contributed by atoms with Crippen molar-refractivity contribution in [3.63, 3.8) is 0 Å². The van der Waals surface area contributed by atoms with Gasteiger partial charge in [-0.05, 0) is 24.0 Å². The van der Waals surface area contributed by atoms with E-state index in [1.807, 2.05) is 18.2 Å². The molecule has 0 spiro atoms. The summed E-state index contributed by atoms with van der Waals surface area (Å²) in [7, 11) is 0. The van der Waals surface area contributed by atoms with Gasteiger partial charge in [-0.25, -0.2) is 0 Å². The monoisotopic (exact) mass is 349 g/mol. The normalized spacial score (nSPS) is 31.5. The number of benzene rings is 2. The smallest absolute Gasteiger partial charge is 0.0771 e. The Morgan fingerprint density at radius 3 is 2.04 bits per heavy atom. The van der Waals surface area contributed by atoms with Crippen molar-refractivity contribution in [3.8, 4) is 0 Å². The van der Waals surface area contributed by atoms with E-state index in [1.165, 1.54) is 11.1 Å². The quantitative estimate of drug-likeness (QED) is 0.681. The number of hydrogen-bond acceptors (Lipinski definition) is 2. The zero-order valence-corrected chi connectivity index (χ0v) is 15.9. The van der Waals surface area contributed by atoms with E-state index in [1.54, 1.807) is 0 Å². The standard InChI is InChI=1S/C24H31NO/c1-4-12-21-23(20-15-10-7-11-16-20)25-22(19-13-8-6-9-14-19)18(3)24(21,26)17-5-2/h5-11,13-16,18,21-23,25-26H,2,4,12,17H2,1,3H3/t18-,21-,22-,23-,24+/m0/s1. The van der Waals surface area contributed by atoms with E-state index in [9.17, 15) is 5.11 Å².